The lowest BCUT2D eigenvalue weighted by Crippen LogP contribution is -2.53. The zero-order valence-electron chi connectivity index (χ0n) is 12.3. The summed E-state index contributed by atoms with van der Waals surface area (Å²) >= 11 is 0. The van der Waals surface area contributed by atoms with Crippen LogP contribution >= 0.6 is 0 Å². The minimum atomic E-state index is -1.31. The third-order valence-electron chi connectivity index (χ3n) is 3.39. The van der Waals surface area contributed by atoms with Crippen LogP contribution in [0.25, 0.3) is 0 Å². The molecule has 1 heterocycles. The average molecular weight is 315 g/mol. The fourth-order valence-corrected chi connectivity index (χ4v) is 2.11. The molecule has 9 nitrogen and oxygen atoms in total. The van der Waals surface area contributed by atoms with E-state index in [1.807, 2.05) is 0 Å². The lowest BCUT2D eigenvalue weighted by atomic mass is 10.1. The molecule has 0 saturated carbocycles. The Bertz CT molecular complexity index is 447. The van der Waals surface area contributed by atoms with Gasteiger partial charge in [0.15, 0.2) is 0 Å². The Morgan fingerprint density at radius 1 is 1.23 bits per heavy atom. The molecule has 0 aromatic carbocycles. The molecule has 1 aliphatic rings. The fourth-order valence-electron chi connectivity index (χ4n) is 2.11. The Morgan fingerprint density at radius 3 is 2.41 bits per heavy atom. The molecule has 1 fully saturated rings. The SMILES string of the molecule is CC(NC(=O)C1CCCN1)C(=O)NC(CCC(=O)O)C(=O)O. The predicted molar refractivity (Wildman–Crippen MR) is 75.1 cm³/mol. The quantitative estimate of drug-likeness (QED) is 0.373. The van der Waals surface area contributed by atoms with Gasteiger partial charge in [0, 0.05) is 6.42 Å². The van der Waals surface area contributed by atoms with Crippen molar-refractivity contribution in [1.29, 1.82) is 0 Å². The lowest BCUT2D eigenvalue weighted by molar-refractivity contribution is -0.143. The molecule has 124 valence electrons. The number of carboxylic acid groups (broad SMARTS) is 2. The topological polar surface area (TPSA) is 145 Å². The summed E-state index contributed by atoms with van der Waals surface area (Å²) in [4.78, 5) is 45.2. The second-order valence-electron chi connectivity index (χ2n) is 5.21. The average Bonchev–Trinajstić information content (AvgIpc) is 2.96. The zero-order valence-corrected chi connectivity index (χ0v) is 12.3. The van der Waals surface area contributed by atoms with Gasteiger partial charge in [0.1, 0.15) is 12.1 Å². The van der Waals surface area contributed by atoms with Gasteiger partial charge < -0.3 is 26.2 Å². The van der Waals surface area contributed by atoms with Crippen LogP contribution in [0.5, 0.6) is 0 Å². The van der Waals surface area contributed by atoms with Crippen molar-refractivity contribution in [1.82, 2.24) is 16.0 Å². The van der Waals surface area contributed by atoms with Gasteiger partial charge in [-0.1, -0.05) is 0 Å². The van der Waals surface area contributed by atoms with E-state index >= 15 is 0 Å². The fraction of sp³-hybridized carbons (Fsp3) is 0.692. The number of hydrogen-bond donors (Lipinski definition) is 5. The van der Waals surface area contributed by atoms with E-state index in [9.17, 15) is 19.2 Å². The highest BCUT2D eigenvalue weighted by Gasteiger charge is 2.27. The molecule has 0 aliphatic carbocycles. The summed E-state index contributed by atoms with van der Waals surface area (Å²) in [6.07, 6.45) is 0.983. The van der Waals surface area contributed by atoms with E-state index in [1.165, 1.54) is 6.92 Å². The van der Waals surface area contributed by atoms with Crippen LogP contribution < -0.4 is 16.0 Å². The Labute approximate surface area is 127 Å². The van der Waals surface area contributed by atoms with Crippen molar-refractivity contribution in [3.05, 3.63) is 0 Å². The van der Waals surface area contributed by atoms with Crippen LogP contribution in [0.4, 0.5) is 0 Å². The number of carboxylic acids is 2. The second kappa shape index (κ2) is 8.32. The van der Waals surface area contributed by atoms with Crippen molar-refractivity contribution in [2.45, 2.75) is 50.7 Å². The van der Waals surface area contributed by atoms with Gasteiger partial charge in [-0.2, -0.15) is 0 Å². The summed E-state index contributed by atoms with van der Waals surface area (Å²) in [5.74, 6) is -3.43. The zero-order chi connectivity index (χ0) is 16.7. The summed E-state index contributed by atoms with van der Waals surface area (Å²) in [7, 11) is 0. The highest BCUT2D eigenvalue weighted by Crippen LogP contribution is 2.05. The maximum Gasteiger partial charge on any atom is 0.326 e. The van der Waals surface area contributed by atoms with Gasteiger partial charge >= 0.3 is 11.9 Å². The number of carbonyl (C=O) groups is 4. The Hall–Kier alpha value is -2.16. The number of nitrogens with one attached hydrogen (secondary N) is 3. The number of carbonyl (C=O) groups excluding carboxylic acids is 2. The molecule has 0 spiro atoms. The van der Waals surface area contributed by atoms with Crippen LogP contribution in [-0.2, 0) is 19.2 Å². The molecular weight excluding hydrogens is 294 g/mol. The van der Waals surface area contributed by atoms with E-state index < -0.39 is 29.9 Å². The molecule has 0 bridgehead atoms. The van der Waals surface area contributed by atoms with E-state index in [0.717, 1.165) is 13.0 Å². The van der Waals surface area contributed by atoms with Gasteiger partial charge in [-0.25, -0.2) is 4.79 Å². The number of amides is 2. The molecule has 22 heavy (non-hydrogen) atoms. The number of hydrogen-bond acceptors (Lipinski definition) is 5. The van der Waals surface area contributed by atoms with Gasteiger partial charge in [-0.15, -0.1) is 0 Å². The maximum atomic E-state index is 11.9. The smallest absolute Gasteiger partial charge is 0.326 e. The van der Waals surface area contributed by atoms with Gasteiger partial charge in [0.2, 0.25) is 11.8 Å². The molecule has 2 amide bonds. The molecule has 1 rings (SSSR count). The minimum Gasteiger partial charge on any atom is -0.481 e. The van der Waals surface area contributed by atoms with Crippen molar-refractivity contribution in [2.24, 2.45) is 0 Å². The molecule has 0 radical (unpaired) electrons. The normalized spacial score (nSPS) is 20.0. The first-order valence-electron chi connectivity index (χ1n) is 7.10. The Morgan fingerprint density at radius 2 is 1.91 bits per heavy atom. The van der Waals surface area contributed by atoms with E-state index in [1.54, 1.807) is 0 Å². The first kappa shape index (κ1) is 17.9. The van der Waals surface area contributed by atoms with Crippen molar-refractivity contribution in [3.63, 3.8) is 0 Å². The lowest BCUT2D eigenvalue weighted by Gasteiger charge is -2.19. The minimum absolute atomic E-state index is 0.221. The number of aliphatic carboxylic acids is 2. The van der Waals surface area contributed by atoms with E-state index in [0.29, 0.717) is 6.42 Å². The van der Waals surface area contributed by atoms with E-state index in [2.05, 4.69) is 16.0 Å². The molecule has 3 unspecified atom stereocenters. The van der Waals surface area contributed by atoms with Crippen molar-refractivity contribution in [3.8, 4) is 0 Å². The Kier molecular flexibility index (Phi) is 6.77. The van der Waals surface area contributed by atoms with Crippen molar-refractivity contribution < 1.29 is 29.4 Å². The maximum absolute atomic E-state index is 11.9. The highest BCUT2D eigenvalue weighted by molar-refractivity contribution is 5.91. The van der Waals surface area contributed by atoms with Crippen molar-refractivity contribution in [2.75, 3.05) is 6.54 Å². The Balaban J connectivity index is 2.47. The van der Waals surface area contributed by atoms with E-state index in [4.69, 9.17) is 10.2 Å². The highest BCUT2D eigenvalue weighted by atomic mass is 16.4. The summed E-state index contributed by atoms with van der Waals surface area (Å²) in [6.45, 7) is 2.19. The molecule has 0 aromatic rings. The summed E-state index contributed by atoms with van der Waals surface area (Å²) in [5, 5.41) is 25.3. The largest absolute Gasteiger partial charge is 0.481 e. The summed E-state index contributed by atoms with van der Waals surface area (Å²) < 4.78 is 0. The van der Waals surface area contributed by atoms with Gasteiger partial charge in [-0.05, 0) is 32.7 Å². The molecule has 1 aliphatic heterocycles. The molecule has 1 saturated heterocycles. The van der Waals surface area contributed by atoms with Crippen LogP contribution in [-0.4, -0.2) is 58.6 Å². The first-order chi connectivity index (χ1) is 10.3. The predicted octanol–water partition coefficient (Wildman–Crippen LogP) is -1.32. The third kappa shape index (κ3) is 5.68. The summed E-state index contributed by atoms with van der Waals surface area (Å²) in [5.41, 5.74) is 0. The van der Waals surface area contributed by atoms with Crippen LogP contribution in [0.2, 0.25) is 0 Å². The van der Waals surface area contributed by atoms with Crippen LogP contribution in [0.3, 0.4) is 0 Å². The molecular formula is C13H21N3O6. The molecule has 5 N–H and O–H groups in total. The third-order valence-corrected chi connectivity index (χ3v) is 3.39. The second-order valence-corrected chi connectivity index (χ2v) is 5.21. The van der Waals surface area contributed by atoms with Crippen molar-refractivity contribution >= 4 is 23.8 Å². The monoisotopic (exact) mass is 315 g/mol. The standard InChI is InChI=1S/C13H21N3O6/c1-7(15-12(20)8-3-2-6-14-8)11(19)16-9(13(21)22)4-5-10(17)18/h7-9,14H,2-6H2,1H3,(H,15,20)(H,16,19)(H,17,18)(H,21,22). The molecule has 0 aromatic heterocycles. The molecule has 9 heteroatoms. The van der Waals surface area contributed by atoms with Gasteiger partial charge in [0.05, 0.1) is 6.04 Å². The number of rotatable bonds is 8. The van der Waals surface area contributed by atoms with Gasteiger partial charge in [-0.3, -0.25) is 14.4 Å². The van der Waals surface area contributed by atoms with E-state index in [-0.39, 0.29) is 24.8 Å². The van der Waals surface area contributed by atoms with Crippen LogP contribution in [0.15, 0.2) is 0 Å². The van der Waals surface area contributed by atoms with Crippen LogP contribution in [0, 0.1) is 0 Å². The first-order valence-corrected chi connectivity index (χ1v) is 7.10. The van der Waals surface area contributed by atoms with Gasteiger partial charge in [0.25, 0.3) is 0 Å². The van der Waals surface area contributed by atoms with Crippen LogP contribution in [0.1, 0.15) is 32.6 Å². The molecule has 3 atom stereocenters. The summed E-state index contributed by atoms with van der Waals surface area (Å²) in [6, 6.07) is -2.54.